The van der Waals surface area contributed by atoms with E-state index in [2.05, 4.69) is 14.2 Å². The average molecular weight is 250 g/mol. The van der Waals surface area contributed by atoms with E-state index in [4.69, 9.17) is 15.3 Å². The Hall–Kier alpha value is -2.19. The van der Waals surface area contributed by atoms with Crippen LogP contribution in [-0.2, 0) is 14.2 Å². The number of carboxylic acid groups (broad SMARTS) is 3. The third-order valence-electron chi connectivity index (χ3n) is 2.21. The summed E-state index contributed by atoms with van der Waals surface area (Å²) < 4.78 is 13.2. The second kappa shape index (κ2) is 5.23. The Morgan fingerprint density at radius 2 is 1.12 bits per heavy atom. The van der Waals surface area contributed by atoms with Crippen molar-refractivity contribution in [1.82, 2.24) is 0 Å². The van der Waals surface area contributed by atoms with Gasteiger partial charge in [-0.15, -0.1) is 0 Å². The fourth-order valence-electron chi connectivity index (χ4n) is 1.68. The van der Waals surface area contributed by atoms with Crippen molar-refractivity contribution in [3.63, 3.8) is 0 Å². The normalized spacial score (nSPS) is 27.2. The van der Waals surface area contributed by atoms with Crippen molar-refractivity contribution in [1.29, 1.82) is 0 Å². The molecule has 9 nitrogen and oxygen atoms in total. The Morgan fingerprint density at radius 1 is 0.765 bits per heavy atom. The molecule has 17 heavy (non-hydrogen) atoms. The van der Waals surface area contributed by atoms with Crippen molar-refractivity contribution in [2.45, 2.75) is 31.2 Å². The topological polar surface area (TPSA) is 140 Å². The van der Waals surface area contributed by atoms with Gasteiger partial charge in [-0.3, -0.25) is 0 Å². The van der Waals surface area contributed by atoms with Crippen LogP contribution in [0.1, 0.15) is 12.8 Å². The Kier molecular flexibility index (Phi) is 3.96. The fourth-order valence-corrected chi connectivity index (χ4v) is 1.68. The predicted octanol–water partition coefficient (Wildman–Crippen LogP) is 0.970. The van der Waals surface area contributed by atoms with Crippen LogP contribution in [0.2, 0.25) is 0 Å². The first-order valence-corrected chi connectivity index (χ1v) is 4.59. The molecule has 1 aliphatic carbocycles. The van der Waals surface area contributed by atoms with Gasteiger partial charge in [0.2, 0.25) is 0 Å². The van der Waals surface area contributed by atoms with Crippen molar-refractivity contribution in [3.8, 4) is 0 Å². The summed E-state index contributed by atoms with van der Waals surface area (Å²) in [6.45, 7) is 0. The van der Waals surface area contributed by atoms with Gasteiger partial charge in [-0.1, -0.05) is 0 Å². The summed E-state index contributed by atoms with van der Waals surface area (Å²) in [5, 5.41) is 25.3. The van der Waals surface area contributed by atoms with Gasteiger partial charge in [0.05, 0.1) is 0 Å². The zero-order valence-electron chi connectivity index (χ0n) is 8.44. The molecule has 0 amide bonds. The molecule has 96 valence electrons. The smallest absolute Gasteiger partial charge is 0.450 e. The minimum absolute atomic E-state index is 0.127. The van der Waals surface area contributed by atoms with Gasteiger partial charge < -0.3 is 29.5 Å². The Bertz CT molecular complexity index is 301. The van der Waals surface area contributed by atoms with Crippen LogP contribution in [0.3, 0.4) is 0 Å². The lowest BCUT2D eigenvalue weighted by atomic mass is 10.2. The van der Waals surface area contributed by atoms with Crippen LogP contribution in [0.25, 0.3) is 0 Å². The molecule has 2 atom stereocenters. The van der Waals surface area contributed by atoms with Crippen LogP contribution < -0.4 is 0 Å². The maximum absolute atomic E-state index is 10.4. The Balaban J connectivity index is 2.69. The highest BCUT2D eigenvalue weighted by Gasteiger charge is 2.44. The van der Waals surface area contributed by atoms with E-state index in [1.807, 2.05) is 0 Å². The molecule has 1 fully saturated rings. The third kappa shape index (κ3) is 3.70. The maximum Gasteiger partial charge on any atom is 0.506 e. The lowest BCUT2D eigenvalue weighted by Crippen LogP contribution is -2.38. The molecular weight excluding hydrogens is 240 g/mol. The van der Waals surface area contributed by atoms with E-state index in [9.17, 15) is 14.4 Å². The molecule has 0 radical (unpaired) electrons. The van der Waals surface area contributed by atoms with Crippen molar-refractivity contribution in [2.75, 3.05) is 0 Å². The van der Waals surface area contributed by atoms with E-state index < -0.39 is 36.8 Å². The summed E-state index contributed by atoms with van der Waals surface area (Å²) in [4.78, 5) is 31.1. The van der Waals surface area contributed by atoms with E-state index in [1.165, 1.54) is 0 Å². The van der Waals surface area contributed by atoms with Crippen molar-refractivity contribution < 1.29 is 43.9 Å². The first-order valence-electron chi connectivity index (χ1n) is 4.59. The summed E-state index contributed by atoms with van der Waals surface area (Å²) in [5.74, 6) is 0. The molecule has 0 bridgehead atoms. The molecule has 0 aromatic rings. The van der Waals surface area contributed by atoms with Gasteiger partial charge in [0, 0.05) is 0 Å². The van der Waals surface area contributed by atoms with Crippen LogP contribution in [0.5, 0.6) is 0 Å². The lowest BCUT2D eigenvalue weighted by Gasteiger charge is -2.21. The molecule has 2 unspecified atom stereocenters. The van der Waals surface area contributed by atoms with Crippen LogP contribution in [-0.4, -0.2) is 52.1 Å². The highest BCUT2D eigenvalue weighted by atomic mass is 16.7. The van der Waals surface area contributed by atoms with Crippen LogP contribution in [0.4, 0.5) is 14.4 Å². The highest BCUT2D eigenvalue weighted by Crippen LogP contribution is 2.28. The van der Waals surface area contributed by atoms with Gasteiger partial charge in [0.1, 0.15) is 12.2 Å². The zero-order valence-corrected chi connectivity index (χ0v) is 8.44. The van der Waals surface area contributed by atoms with Gasteiger partial charge in [0.25, 0.3) is 0 Å². The van der Waals surface area contributed by atoms with E-state index >= 15 is 0 Å². The largest absolute Gasteiger partial charge is 0.506 e. The third-order valence-corrected chi connectivity index (χ3v) is 2.21. The van der Waals surface area contributed by atoms with Gasteiger partial charge in [-0.2, -0.15) is 0 Å². The molecule has 0 spiro atoms. The summed E-state index contributed by atoms with van der Waals surface area (Å²) in [5.41, 5.74) is 0. The van der Waals surface area contributed by atoms with Crippen molar-refractivity contribution >= 4 is 18.5 Å². The monoisotopic (exact) mass is 250 g/mol. The number of rotatable bonds is 3. The van der Waals surface area contributed by atoms with E-state index in [0.717, 1.165) is 0 Å². The first kappa shape index (κ1) is 12.9. The van der Waals surface area contributed by atoms with E-state index in [0.29, 0.717) is 0 Å². The van der Waals surface area contributed by atoms with Crippen LogP contribution in [0.15, 0.2) is 0 Å². The second-order valence-electron chi connectivity index (χ2n) is 3.27. The summed E-state index contributed by atoms with van der Waals surface area (Å²) in [7, 11) is 0. The maximum atomic E-state index is 10.4. The van der Waals surface area contributed by atoms with Crippen LogP contribution >= 0.6 is 0 Å². The van der Waals surface area contributed by atoms with Gasteiger partial charge in [-0.25, -0.2) is 14.4 Å². The number of hydrogen-bond acceptors (Lipinski definition) is 6. The lowest BCUT2D eigenvalue weighted by molar-refractivity contribution is -0.0691. The standard InChI is InChI=1S/C8H10O9/c9-6(10)15-3-1-2-4(16-7(11)12)5(3)17-8(13)14/h3-5H,1-2H2,(H,9,10)(H,11,12)(H,13,14). The number of carbonyl (C=O) groups is 3. The molecular formula is C8H10O9. The highest BCUT2D eigenvalue weighted by molar-refractivity contribution is 5.59. The molecule has 3 N–H and O–H groups in total. The molecule has 1 aliphatic rings. The predicted molar refractivity (Wildman–Crippen MR) is 47.9 cm³/mol. The molecule has 1 rings (SSSR count). The Morgan fingerprint density at radius 3 is 1.41 bits per heavy atom. The minimum Gasteiger partial charge on any atom is -0.450 e. The fraction of sp³-hybridized carbons (Fsp3) is 0.625. The van der Waals surface area contributed by atoms with Gasteiger partial charge in [-0.05, 0) is 12.8 Å². The SMILES string of the molecule is O=C(O)OC1CCC(OC(=O)O)C1OC(=O)O. The van der Waals surface area contributed by atoms with Crippen LogP contribution in [0, 0.1) is 0 Å². The number of ether oxygens (including phenoxy) is 3. The molecule has 1 saturated carbocycles. The van der Waals surface area contributed by atoms with Crippen molar-refractivity contribution in [2.24, 2.45) is 0 Å². The minimum atomic E-state index is -1.66. The molecule has 0 aliphatic heterocycles. The summed E-state index contributed by atoms with van der Waals surface area (Å²) in [6, 6.07) is 0. The quantitative estimate of drug-likeness (QED) is 0.493. The number of hydrogen-bond donors (Lipinski definition) is 3. The zero-order chi connectivity index (χ0) is 13.0. The molecule has 0 aromatic carbocycles. The molecule has 9 heteroatoms. The van der Waals surface area contributed by atoms with E-state index in [-0.39, 0.29) is 12.8 Å². The Labute approximate surface area is 94.5 Å². The molecule has 0 saturated heterocycles. The molecule has 0 heterocycles. The summed E-state index contributed by atoms with van der Waals surface area (Å²) in [6.07, 6.45) is -7.99. The van der Waals surface area contributed by atoms with Crippen molar-refractivity contribution in [3.05, 3.63) is 0 Å². The first-order chi connectivity index (χ1) is 7.90. The molecule has 0 aromatic heterocycles. The van der Waals surface area contributed by atoms with E-state index in [1.54, 1.807) is 0 Å². The van der Waals surface area contributed by atoms with Gasteiger partial charge >= 0.3 is 18.5 Å². The summed E-state index contributed by atoms with van der Waals surface area (Å²) >= 11 is 0. The second-order valence-corrected chi connectivity index (χ2v) is 3.27. The average Bonchev–Trinajstić information content (AvgIpc) is 2.47. The van der Waals surface area contributed by atoms with Gasteiger partial charge in [0.15, 0.2) is 6.10 Å².